The number of quaternary nitrogens is 1. The SMILES string of the molecule is CN(CC(C)(C)C[N+](C)(C)C)S(=O)(=O)C(F)(F)C(F)(F)C(F)(F)C(F)(F)F. The molecule has 0 radical (unpaired) electrons. The van der Waals surface area contributed by atoms with E-state index in [1.807, 2.05) is 0 Å². The Bertz CT molecular complexity index is 637. The fourth-order valence-electron chi connectivity index (χ4n) is 2.74. The third-order valence-corrected chi connectivity index (χ3v) is 5.26. The Morgan fingerprint density at radius 1 is 0.815 bits per heavy atom. The van der Waals surface area contributed by atoms with Crippen molar-refractivity contribution in [3.05, 3.63) is 0 Å². The minimum atomic E-state index is -7.27. The second-order valence-corrected chi connectivity index (χ2v) is 10.1. The van der Waals surface area contributed by atoms with Crippen LogP contribution in [0.15, 0.2) is 0 Å². The van der Waals surface area contributed by atoms with Crippen LogP contribution in [0.4, 0.5) is 39.5 Å². The highest BCUT2D eigenvalue weighted by molar-refractivity contribution is 7.90. The molecule has 0 aromatic rings. The van der Waals surface area contributed by atoms with E-state index in [9.17, 15) is 47.9 Å². The number of sulfonamides is 1. The van der Waals surface area contributed by atoms with Gasteiger partial charge in [-0.15, -0.1) is 0 Å². The van der Waals surface area contributed by atoms with E-state index in [4.69, 9.17) is 0 Å². The van der Waals surface area contributed by atoms with E-state index in [1.165, 1.54) is 13.8 Å². The third kappa shape index (κ3) is 5.00. The Labute approximate surface area is 151 Å². The van der Waals surface area contributed by atoms with Crippen LogP contribution in [0.1, 0.15) is 13.8 Å². The van der Waals surface area contributed by atoms with Gasteiger partial charge in [0.2, 0.25) is 0 Å². The predicted octanol–water partition coefficient (Wildman–Crippen LogP) is 3.41. The van der Waals surface area contributed by atoms with E-state index in [-0.39, 0.29) is 15.3 Å². The Balaban J connectivity index is 5.99. The van der Waals surface area contributed by atoms with E-state index >= 15 is 0 Å². The van der Waals surface area contributed by atoms with Gasteiger partial charge >= 0.3 is 23.3 Å². The molecule has 0 heterocycles. The summed E-state index contributed by atoms with van der Waals surface area (Å²) in [4.78, 5) is 0. The van der Waals surface area contributed by atoms with Gasteiger partial charge < -0.3 is 4.48 Å². The van der Waals surface area contributed by atoms with E-state index in [0.717, 1.165) is 0 Å². The molecule has 0 aromatic carbocycles. The number of alkyl halides is 9. The minimum Gasteiger partial charge on any atom is -0.330 e. The maximum Gasteiger partial charge on any atom is 0.460 e. The van der Waals surface area contributed by atoms with Crippen molar-refractivity contribution in [2.75, 3.05) is 41.3 Å². The largest absolute Gasteiger partial charge is 0.460 e. The second kappa shape index (κ2) is 6.94. The molecule has 0 N–H and O–H groups in total. The van der Waals surface area contributed by atoms with E-state index < -0.39 is 45.3 Å². The summed E-state index contributed by atoms with van der Waals surface area (Å²) >= 11 is 0. The molecule has 0 bridgehead atoms. The van der Waals surface area contributed by atoms with Crippen LogP contribution in [0.5, 0.6) is 0 Å². The molecular formula is C13H22F9N2O2S+. The molecule has 0 atom stereocenters. The zero-order valence-corrected chi connectivity index (χ0v) is 16.3. The molecule has 0 rings (SSSR count). The number of hydrogen-bond donors (Lipinski definition) is 0. The normalized spacial score (nSPS) is 16.1. The molecule has 0 aliphatic heterocycles. The molecule has 0 spiro atoms. The summed E-state index contributed by atoms with van der Waals surface area (Å²) in [6.45, 7) is 2.11. The zero-order valence-electron chi connectivity index (χ0n) is 15.4. The number of hydrogen-bond acceptors (Lipinski definition) is 2. The van der Waals surface area contributed by atoms with Gasteiger partial charge in [0, 0.05) is 19.0 Å². The highest BCUT2D eigenvalue weighted by Gasteiger charge is 2.85. The molecule has 0 saturated carbocycles. The van der Waals surface area contributed by atoms with Gasteiger partial charge in [-0.3, -0.25) is 0 Å². The van der Waals surface area contributed by atoms with Crippen molar-refractivity contribution in [1.82, 2.24) is 4.31 Å². The molecule has 0 aromatic heterocycles. The highest BCUT2D eigenvalue weighted by atomic mass is 32.2. The lowest BCUT2D eigenvalue weighted by Crippen LogP contribution is -2.65. The molecular weight excluding hydrogens is 419 g/mol. The van der Waals surface area contributed by atoms with Crippen LogP contribution in [0, 0.1) is 5.41 Å². The average molecular weight is 441 g/mol. The van der Waals surface area contributed by atoms with Crippen LogP contribution < -0.4 is 0 Å². The van der Waals surface area contributed by atoms with Crippen molar-refractivity contribution in [3.8, 4) is 0 Å². The van der Waals surface area contributed by atoms with Gasteiger partial charge in [-0.2, -0.15) is 43.8 Å². The molecule has 27 heavy (non-hydrogen) atoms. The quantitative estimate of drug-likeness (QED) is 0.428. The fraction of sp³-hybridized carbons (Fsp3) is 1.00. The second-order valence-electron chi connectivity index (χ2n) is 8.04. The first-order chi connectivity index (χ1) is 11.3. The lowest BCUT2D eigenvalue weighted by atomic mass is 9.92. The summed E-state index contributed by atoms with van der Waals surface area (Å²) in [6.07, 6.45) is -7.09. The molecule has 4 nitrogen and oxygen atoms in total. The van der Waals surface area contributed by atoms with Gasteiger partial charge in [0.15, 0.2) is 0 Å². The molecule has 0 unspecified atom stereocenters. The smallest absolute Gasteiger partial charge is 0.330 e. The Hall–Kier alpha value is -0.760. The summed E-state index contributed by atoms with van der Waals surface area (Å²) in [5.74, 6) is -14.5. The van der Waals surface area contributed by atoms with Gasteiger partial charge in [0.05, 0.1) is 27.7 Å². The Morgan fingerprint density at radius 3 is 1.48 bits per heavy atom. The van der Waals surface area contributed by atoms with Gasteiger partial charge in [0.25, 0.3) is 10.0 Å². The zero-order chi connectivity index (χ0) is 22.5. The summed E-state index contributed by atoms with van der Waals surface area (Å²) in [5.41, 5.74) is -1.10. The third-order valence-electron chi connectivity index (χ3n) is 3.40. The summed E-state index contributed by atoms with van der Waals surface area (Å²) in [7, 11) is -1.19. The van der Waals surface area contributed by atoms with Crippen molar-refractivity contribution in [2.24, 2.45) is 5.41 Å². The van der Waals surface area contributed by atoms with E-state index in [1.54, 1.807) is 21.1 Å². The maximum atomic E-state index is 13.8. The summed E-state index contributed by atoms with van der Waals surface area (Å²) in [5, 5.41) is -6.71. The first kappa shape index (κ1) is 26.2. The number of rotatable bonds is 8. The van der Waals surface area contributed by atoms with Crippen molar-refractivity contribution in [2.45, 2.75) is 37.1 Å². The van der Waals surface area contributed by atoms with E-state index in [2.05, 4.69) is 0 Å². The molecule has 0 amide bonds. The molecule has 14 heteroatoms. The van der Waals surface area contributed by atoms with Crippen molar-refractivity contribution < 1.29 is 52.4 Å². The molecule has 0 aliphatic rings. The Morgan fingerprint density at radius 2 is 1.19 bits per heavy atom. The topological polar surface area (TPSA) is 37.4 Å². The number of halogens is 9. The molecule has 0 saturated heterocycles. The van der Waals surface area contributed by atoms with Crippen LogP contribution in [0.3, 0.4) is 0 Å². The summed E-state index contributed by atoms with van der Waals surface area (Å²) in [6, 6.07) is 0. The highest BCUT2D eigenvalue weighted by Crippen LogP contribution is 2.55. The van der Waals surface area contributed by atoms with Gasteiger partial charge in [0.1, 0.15) is 0 Å². The van der Waals surface area contributed by atoms with Crippen molar-refractivity contribution >= 4 is 10.0 Å². The first-order valence-corrected chi connectivity index (χ1v) is 8.74. The monoisotopic (exact) mass is 441 g/mol. The predicted molar refractivity (Wildman–Crippen MR) is 79.1 cm³/mol. The van der Waals surface area contributed by atoms with E-state index in [0.29, 0.717) is 7.05 Å². The summed E-state index contributed by atoms with van der Waals surface area (Å²) < 4.78 is 140. The van der Waals surface area contributed by atoms with Crippen molar-refractivity contribution in [1.29, 1.82) is 0 Å². The maximum absolute atomic E-state index is 13.8. The molecule has 0 aliphatic carbocycles. The Kier molecular flexibility index (Phi) is 6.74. The minimum absolute atomic E-state index is 0.146. The molecule has 0 fully saturated rings. The van der Waals surface area contributed by atoms with Crippen LogP contribution >= 0.6 is 0 Å². The molecule has 164 valence electrons. The standard InChI is InChI=1S/C13H22F9N2O2S/c1-9(2,8-24(4,5)6)7-23(3)27(25,26)13(21,22)11(16,17)10(14,15)12(18,19)20/h7-8H2,1-6H3/q+1. The van der Waals surface area contributed by atoms with Crippen molar-refractivity contribution in [3.63, 3.8) is 0 Å². The lowest BCUT2D eigenvalue weighted by Gasteiger charge is -2.38. The lowest BCUT2D eigenvalue weighted by molar-refractivity contribution is -0.876. The van der Waals surface area contributed by atoms with Crippen LogP contribution in [0.2, 0.25) is 0 Å². The number of nitrogens with zero attached hydrogens (tertiary/aromatic N) is 2. The van der Waals surface area contributed by atoms with Gasteiger partial charge in [-0.25, -0.2) is 8.42 Å². The van der Waals surface area contributed by atoms with Crippen LogP contribution in [-0.2, 0) is 10.0 Å². The average Bonchev–Trinajstić information content (AvgIpc) is 2.32. The fourth-order valence-corrected chi connectivity index (χ4v) is 4.10. The first-order valence-electron chi connectivity index (χ1n) is 7.30. The van der Waals surface area contributed by atoms with Gasteiger partial charge in [-0.1, -0.05) is 13.8 Å². The van der Waals surface area contributed by atoms with Crippen LogP contribution in [0.25, 0.3) is 0 Å². The van der Waals surface area contributed by atoms with Crippen LogP contribution in [-0.4, -0.2) is 81.8 Å². The van der Waals surface area contributed by atoms with Gasteiger partial charge in [-0.05, 0) is 0 Å².